The number of alkyl halides is 2. The molecule has 0 amide bonds. The molecule has 0 saturated carbocycles. The molecule has 0 saturated heterocycles. The summed E-state index contributed by atoms with van der Waals surface area (Å²) in [5, 5.41) is 0. The second kappa shape index (κ2) is 46.5. The van der Waals surface area contributed by atoms with E-state index in [9.17, 15) is 18.0 Å². The van der Waals surface area contributed by atoms with Gasteiger partial charge in [-0.1, -0.05) is 184 Å². The largest absolute Gasteiger partial charge is 0.300 e. The number of ketones is 1. The molecule has 4 heteroatoms. The predicted molar refractivity (Wildman–Crippen MR) is 242 cm³/mol. The van der Waals surface area contributed by atoms with Crippen LogP contribution in [0.25, 0.3) is 0 Å². The summed E-state index contributed by atoms with van der Waals surface area (Å²) in [7, 11) is 0. The van der Waals surface area contributed by atoms with Crippen LogP contribution in [-0.2, 0) is 16.1 Å². The Labute approximate surface area is 337 Å². The van der Waals surface area contributed by atoms with E-state index in [4.69, 9.17) is 0 Å². The van der Waals surface area contributed by atoms with Gasteiger partial charge in [0.2, 0.25) is 0 Å². The summed E-state index contributed by atoms with van der Waals surface area (Å²) in [6.07, 6.45) is 18.0. The molecule has 0 heterocycles. The summed E-state index contributed by atoms with van der Waals surface area (Å²) in [6.45, 7) is 40.3. The summed E-state index contributed by atoms with van der Waals surface area (Å²) in [6, 6.07) is 13.5. The average Bonchev–Trinajstić information content (AvgIpc) is 3.18. The molecule has 2 unspecified atom stereocenters. The van der Waals surface area contributed by atoms with Gasteiger partial charge in [-0.15, -0.1) is 26.3 Å². The van der Waals surface area contributed by atoms with E-state index in [1.165, 1.54) is 69.9 Å². The van der Waals surface area contributed by atoms with Gasteiger partial charge in [0.15, 0.2) is 0 Å². The lowest BCUT2D eigenvalue weighted by Gasteiger charge is -2.30. The Morgan fingerprint density at radius 2 is 1.13 bits per heavy atom. The van der Waals surface area contributed by atoms with Crippen LogP contribution in [0.15, 0.2) is 74.8 Å². The average molecular weight is 765 g/mol. The van der Waals surface area contributed by atoms with Gasteiger partial charge in [0.25, 0.3) is 5.92 Å². The van der Waals surface area contributed by atoms with Crippen LogP contribution in [0.3, 0.4) is 0 Å². The van der Waals surface area contributed by atoms with Crippen LogP contribution < -0.4 is 0 Å². The van der Waals surface area contributed by atoms with E-state index in [0.717, 1.165) is 56.9 Å². The maximum absolute atomic E-state index is 13.6. The van der Waals surface area contributed by atoms with Crippen molar-refractivity contribution in [3.8, 4) is 0 Å². The molecule has 54 heavy (non-hydrogen) atoms. The molecule has 0 aliphatic heterocycles. The molecular formula is C50H91F3O. The summed E-state index contributed by atoms with van der Waals surface area (Å²) in [4.78, 5) is 12.3. The lowest BCUT2D eigenvalue weighted by molar-refractivity contribution is -0.119. The van der Waals surface area contributed by atoms with Gasteiger partial charge in [0, 0.05) is 25.3 Å². The summed E-state index contributed by atoms with van der Waals surface area (Å²) in [5.41, 5.74) is 1.78. The molecule has 2 rings (SSSR count). The molecule has 318 valence electrons. The first kappa shape index (κ1) is 63.3. The maximum Gasteiger partial charge on any atom is 0.270 e. The van der Waals surface area contributed by atoms with Crippen LogP contribution in [0.5, 0.6) is 0 Å². The van der Waals surface area contributed by atoms with Gasteiger partial charge in [0.05, 0.1) is 0 Å². The Kier molecular flexibility index (Phi) is 54.6. The molecule has 0 fully saturated rings. The molecule has 0 radical (unpaired) electrons. The Morgan fingerprint density at radius 1 is 0.648 bits per heavy atom. The van der Waals surface area contributed by atoms with Crippen molar-refractivity contribution in [2.24, 2.45) is 5.92 Å². The molecule has 2 aromatic carbocycles. The fraction of sp³-hybridized carbons (Fsp3) is 0.660. The number of rotatable bonds is 18. The van der Waals surface area contributed by atoms with E-state index >= 15 is 0 Å². The van der Waals surface area contributed by atoms with Crippen LogP contribution >= 0.6 is 0 Å². The highest BCUT2D eigenvalue weighted by Gasteiger charge is 2.26. The number of aryl methyl sites for hydroxylation is 1. The van der Waals surface area contributed by atoms with Crippen molar-refractivity contribution in [3.05, 3.63) is 97.4 Å². The predicted octanol–water partition coefficient (Wildman–Crippen LogP) is 18.4. The summed E-state index contributed by atoms with van der Waals surface area (Å²) >= 11 is 0. The highest BCUT2D eigenvalue weighted by molar-refractivity contribution is 5.78. The van der Waals surface area contributed by atoms with Crippen LogP contribution in [-0.4, -0.2) is 5.78 Å². The molecule has 2 atom stereocenters. The zero-order chi connectivity index (χ0) is 43.4. The van der Waals surface area contributed by atoms with Gasteiger partial charge >= 0.3 is 0 Å². The third kappa shape index (κ3) is 39.1. The quantitative estimate of drug-likeness (QED) is 0.109. The minimum Gasteiger partial charge on any atom is -0.300 e. The van der Waals surface area contributed by atoms with Gasteiger partial charge < -0.3 is 0 Å². The number of unbranched alkanes of at least 4 members (excludes halogenated alkanes) is 4. The first-order chi connectivity index (χ1) is 25.8. The van der Waals surface area contributed by atoms with Gasteiger partial charge in [-0.2, -0.15) is 0 Å². The summed E-state index contributed by atoms with van der Waals surface area (Å²) in [5.74, 6) is -1.75. The molecule has 0 aromatic heterocycles. The van der Waals surface area contributed by atoms with Gasteiger partial charge in [-0.05, 0) is 67.2 Å². The smallest absolute Gasteiger partial charge is 0.270 e. The zero-order valence-electron chi connectivity index (χ0n) is 38.4. The van der Waals surface area contributed by atoms with Crippen molar-refractivity contribution in [2.75, 3.05) is 0 Å². The Morgan fingerprint density at radius 3 is 1.54 bits per heavy atom. The molecule has 0 aliphatic carbocycles. The first-order valence-corrected chi connectivity index (χ1v) is 21.5. The normalized spacial score (nSPS) is 11.2. The van der Waals surface area contributed by atoms with Gasteiger partial charge in [0.1, 0.15) is 11.6 Å². The second-order valence-electron chi connectivity index (χ2n) is 13.4. The lowest BCUT2D eigenvalue weighted by atomic mass is 9.74. The highest BCUT2D eigenvalue weighted by atomic mass is 19.3. The summed E-state index contributed by atoms with van der Waals surface area (Å²) < 4.78 is 39.1. The number of Topliss-reactive ketones (excluding diaryl/α,β-unsaturated/α-hetero) is 1. The fourth-order valence-corrected chi connectivity index (χ4v) is 5.23. The third-order valence-corrected chi connectivity index (χ3v) is 8.58. The maximum atomic E-state index is 13.6. The molecule has 0 bridgehead atoms. The van der Waals surface area contributed by atoms with Crippen LogP contribution in [0.4, 0.5) is 13.2 Å². The number of benzene rings is 2. The third-order valence-electron chi connectivity index (χ3n) is 8.58. The van der Waals surface area contributed by atoms with E-state index in [2.05, 4.69) is 81.7 Å². The van der Waals surface area contributed by atoms with E-state index in [0.29, 0.717) is 17.8 Å². The van der Waals surface area contributed by atoms with Gasteiger partial charge in [-0.3, -0.25) is 4.79 Å². The van der Waals surface area contributed by atoms with Crippen molar-refractivity contribution in [1.82, 2.24) is 0 Å². The first-order valence-electron chi connectivity index (χ1n) is 21.5. The van der Waals surface area contributed by atoms with E-state index < -0.39 is 5.92 Å². The van der Waals surface area contributed by atoms with Crippen molar-refractivity contribution < 1.29 is 18.0 Å². The molecule has 1 nitrogen and oxygen atoms in total. The highest BCUT2D eigenvalue weighted by Crippen LogP contribution is 2.35. The van der Waals surface area contributed by atoms with E-state index in [1.807, 2.05) is 33.8 Å². The Hall–Kier alpha value is -2.62. The Balaban J connectivity index is -0.000000174. The SMILES string of the molecule is C=C.C=C.CC.CC.CCCC.CCCC.CCCCCC(C)CCCC(=O)CCCC(C)(CCC)c1cccc(F)c1.Cc1ccccc1C(C)(F)F. The van der Waals surface area contributed by atoms with Crippen LogP contribution in [0.2, 0.25) is 0 Å². The van der Waals surface area contributed by atoms with Crippen molar-refractivity contribution in [1.29, 1.82) is 0 Å². The molecule has 0 aliphatic rings. The minimum absolute atomic E-state index is 0.0368. The van der Waals surface area contributed by atoms with Crippen molar-refractivity contribution >= 4 is 5.78 Å². The Bertz CT molecular complexity index is 1020. The monoisotopic (exact) mass is 765 g/mol. The van der Waals surface area contributed by atoms with Crippen molar-refractivity contribution in [3.63, 3.8) is 0 Å². The van der Waals surface area contributed by atoms with Crippen molar-refractivity contribution in [2.45, 2.75) is 211 Å². The lowest BCUT2D eigenvalue weighted by Crippen LogP contribution is -2.22. The van der Waals surface area contributed by atoms with Crippen LogP contribution in [0, 0.1) is 18.7 Å². The fourth-order valence-electron chi connectivity index (χ4n) is 5.23. The number of hydrogen-bond acceptors (Lipinski definition) is 1. The van der Waals surface area contributed by atoms with Crippen LogP contribution in [0.1, 0.15) is 209 Å². The van der Waals surface area contributed by atoms with E-state index in [1.54, 1.807) is 37.3 Å². The number of hydrogen-bond donors (Lipinski definition) is 0. The number of halogens is 3. The molecular weight excluding hydrogens is 674 g/mol. The number of carbonyl (C=O) groups excluding carboxylic acids is 1. The second-order valence-corrected chi connectivity index (χ2v) is 13.4. The topological polar surface area (TPSA) is 17.1 Å². The van der Waals surface area contributed by atoms with E-state index in [-0.39, 0.29) is 16.8 Å². The van der Waals surface area contributed by atoms with Gasteiger partial charge in [-0.25, -0.2) is 13.2 Å². The zero-order valence-corrected chi connectivity index (χ0v) is 38.4. The standard InChI is InChI=1S/C25H41FO.C9H10F2.2C4H10.2C2H6.2C2H4/c1-5-7-8-12-21(3)13-9-16-24(27)17-11-19-25(4,18-6-2)22-14-10-15-23(26)20-22;1-7-5-3-4-6-8(7)9(2,10)11;2*1-3-4-2;4*1-2/h10,14-15,20-21H,5-9,11-13,16-19H2,1-4H3;3-6H,1-2H3;2*3-4H2,1-2H3;2*1-2H3;2*1-2H2. The minimum atomic E-state index is -2.72. The number of carbonyl (C=O) groups is 1. The molecule has 0 N–H and O–H groups in total. The molecule has 2 aromatic rings. The molecule has 0 spiro atoms.